The van der Waals surface area contributed by atoms with Crippen LogP contribution in [0.5, 0.6) is 0 Å². The van der Waals surface area contributed by atoms with Crippen molar-refractivity contribution in [3.8, 4) is 0 Å². The van der Waals surface area contributed by atoms with Crippen LogP contribution in [0.25, 0.3) is 6.08 Å². The monoisotopic (exact) mass is 228 g/mol. The van der Waals surface area contributed by atoms with E-state index in [-0.39, 0.29) is 5.12 Å². The van der Waals surface area contributed by atoms with Crippen LogP contribution in [0.2, 0.25) is 0 Å². The third-order valence-electron chi connectivity index (χ3n) is 1.58. The summed E-state index contributed by atoms with van der Waals surface area (Å²) >= 11 is 1.15. The van der Waals surface area contributed by atoms with E-state index >= 15 is 0 Å². The van der Waals surface area contributed by atoms with Crippen LogP contribution in [0.4, 0.5) is 8.78 Å². The average molecular weight is 228 g/mol. The summed E-state index contributed by atoms with van der Waals surface area (Å²) in [6.07, 6.45) is 3.28. The summed E-state index contributed by atoms with van der Waals surface area (Å²) in [4.78, 5) is 10.6. The molecule has 0 spiro atoms. The number of carbonyl (C=O) groups is 1. The summed E-state index contributed by atoms with van der Waals surface area (Å²) in [6, 6.07) is 3.29. The predicted molar refractivity (Wildman–Crippen MR) is 58.5 cm³/mol. The smallest absolute Gasteiger partial charge is 0.186 e. The van der Waals surface area contributed by atoms with Crippen LogP contribution >= 0.6 is 11.8 Å². The van der Waals surface area contributed by atoms with Crippen molar-refractivity contribution in [3.05, 3.63) is 41.5 Å². The van der Waals surface area contributed by atoms with Gasteiger partial charge >= 0.3 is 0 Å². The van der Waals surface area contributed by atoms with Gasteiger partial charge in [-0.05, 0) is 17.7 Å². The fourth-order valence-corrected chi connectivity index (χ4v) is 1.45. The molecule has 1 aromatic rings. The second kappa shape index (κ2) is 5.66. The van der Waals surface area contributed by atoms with Crippen molar-refractivity contribution >= 4 is 23.0 Å². The van der Waals surface area contributed by atoms with Gasteiger partial charge in [-0.1, -0.05) is 23.9 Å². The van der Waals surface area contributed by atoms with Crippen LogP contribution in [-0.4, -0.2) is 10.9 Å². The second-order valence-corrected chi connectivity index (χ2v) is 4.10. The molecule has 0 saturated carbocycles. The molecule has 1 aromatic carbocycles. The minimum atomic E-state index is -0.603. The van der Waals surface area contributed by atoms with Gasteiger partial charge in [0.05, 0.1) is 0 Å². The van der Waals surface area contributed by atoms with Gasteiger partial charge in [0.1, 0.15) is 11.6 Å². The molecule has 1 nitrogen and oxygen atoms in total. The molecule has 0 bridgehead atoms. The number of halogens is 2. The summed E-state index contributed by atoms with van der Waals surface area (Å²) in [6.45, 7) is 1.47. The highest BCUT2D eigenvalue weighted by atomic mass is 32.2. The molecule has 0 amide bonds. The molecule has 4 heteroatoms. The standard InChI is InChI=1S/C11H10F2OS/c1-8(14)15-4-2-3-9-5-10(12)7-11(13)6-9/h2-3,5-7H,4H2,1H3. The first-order chi connectivity index (χ1) is 7.08. The van der Waals surface area contributed by atoms with Gasteiger partial charge in [-0.15, -0.1) is 0 Å². The van der Waals surface area contributed by atoms with E-state index < -0.39 is 11.6 Å². The molecular formula is C11H10F2OS. The van der Waals surface area contributed by atoms with Gasteiger partial charge in [-0.2, -0.15) is 0 Å². The predicted octanol–water partition coefficient (Wildman–Crippen LogP) is 3.26. The molecule has 0 saturated heterocycles. The molecule has 0 unspecified atom stereocenters. The molecule has 0 N–H and O–H groups in total. The lowest BCUT2D eigenvalue weighted by Gasteiger charge is -1.95. The van der Waals surface area contributed by atoms with Crippen LogP contribution in [0.3, 0.4) is 0 Å². The summed E-state index contributed by atoms with van der Waals surface area (Å²) in [7, 11) is 0. The van der Waals surface area contributed by atoms with Gasteiger partial charge in [0.15, 0.2) is 5.12 Å². The highest BCUT2D eigenvalue weighted by Crippen LogP contribution is 2.10. The van der Waals surface area contributed by atoms with E-state index in [4.69, 9.17) is 0 Å². The van der Waals surface area contributed by atoms with Gasteiger partial charge in [-0.3, -0.25) is 4.79 Å². The maximum atomic E-state index is 12.7. The zero-order valence-corrected chi connectivity index (χ0v) is 8.98. The molecule has 80 valence electrons. The van der Waals surface area contributed by atoms with Crippen molar-refractivity contribution in [2.75, 3.05) is 5.75 Å². The van der Waals surface area contributed by atoms with Gasteiger partial charge in [-0.25, -0.2) is 8.78 Å². The maximum absolute atomic E-state index is 12.7. The summed E-state index contributed by atoms with van der Waals surface area (Å²) < 4.78 is 25.5. The quantitative estimate of drug-likeness (QED) is 0.789. The van der Waals surface area contributed by atoms with Gasteiger partial charge in [0, 0.05) is 18.7 Å². The van der Waals surface area contributed by atoms with Crippen molar-refractivity contribution in [3.63, 3.8) is 0 Å². The number of carbonyl (C=O) groups excluding carboxylic acids is 1. The third kappa shape index (κ3) is 4.74. The molecule has 1 rings (SSSR count). The topological polar surface area (TPSA) is 17.1 Å². The summed E-state index contributed by atoms with van der Waals surface area (Å²) in [5, 5.41) is 0.0186. The number of hydrogen-bond acceptors (Lipinski definition) is 2. The lowest BCUT2D eigenvalue weighted by Crippen LogP contribution is -1.83. The zero-order chi connectivity index (χ0) is 11.3. The molecule has 0 aliphatic rings. The first-order valence-electron chi connectivity index (χ1n) is 4.34. The lowest BCUT2D eigenvalue weighted by atomic mass is 10.2. The Morgan fingerprint density at radius 2 is 1.93 bits per heavy atom. The molecule has 0 aromatic heterocycles. The van der Waals surface area contributed by atoms with Crippen molar-refractivity contribution in [2.45, 2.75) is 6.92 Å². The van der Waals surface area contributed by atoms with Crippen molar-refractivity contribution in [1.29, 1.82) is 0 Å². The van der Waals surface area contributed by atoms with Crippen molar-refractivity contribution in [1.82, 2.24) is 0 Å². The van der Waals surface area contributed by atoms with Crippen LogP contribution < -0.4 is 0 Å². The molecule has 0 aliphatic heterocycles. The van der Waals surface area contributed by atoms with E-state index in [1.807, 2.05) is 0 Å². The first-order valence-corrected chi connectivity index (χ1v) is 5.32. The molecule has 0 heterocycles. The van der Waals surface area contributed by atoms with Gasteiger partial charge < -0.3 is 0 Å². The maximum Gasteiger partial charge on any atom is 0.186 e. The van der Waals surface area contributed by atoms with Gasteiger partial charge in [0.2, 0.25) is 0 Å². The fourth-order valence-electron chi connectivity index (χ4n) is 1.02. The van der Waals surface area contributed by atoms with E-state index in [1.165, 1.54) is 19.1 Å². The summed E-state index contributed by atoms with van der Waals surface area (Å²) in [5.74, 6) is -0.698. The van der Waals surface area contributed by atoms with E-state index in [0.29, 0.717) is 11.3 Å². The highest BCUT2D eigenvalue weighted by molar-refractivity contribution is 8.13. The Morgan fingerprint density at radius 3 is 2.47 bits per heavy atom. The molecule has 15 heavy (non-hydrogen) atoms. The van der Waals surface area contributed by atoms with Crippen LogP contribution in [-0.2, 0) is 4.79 Å². The number of rotatable bonds is 3. The first kappa shape index (κ1) is 11.9. The Balaban J connectivity index is 2.60. The molecule has 0 aliphatic carbocycles. The minimum Gasteiger partial charge on any atom is -0.288 e. The average Bonchev–Trinajstić information content (AvgIpc) is 2.10. The Bertz CT molecular complexity index is 368. The van der Waals surface area contributed by atoms with E-state index in [2.05, 4.69) is 0 Å². The van der Waals surface area contributed by atoms with Gasteiger partial charge in [0.25, 0.3) is 0 Å². The molecular weight excluding hydrogens is 218 g/mol. The summed E-state index contributed by atoms with van der Waals surface area (Å²) in [5.41, 5.74) is 0.455. The molecule has 0 fully saturated rings. The third-order valence-corrected chi connectivity index (χ3v) is 2.34. The van der Waals surface area contributed by atoms with Crippen LogP contribution in [0, 0.1) is 11.6 Å². The van der Waals surface area contributed by atoms with Crippen LogP contribution in [0.15, 0.2) is 24.3 Å². The number of thioether (sulfide) groups is 1. The largest absolute Gasteiger partial charge is 0.288 e. The number of benzene rings is 1. The Morgan fingerprint density at radius 1 is 1.33 bits per heavy atom. The number of hydrogen-bond donors (Lipinski definition) is 0. The normalized spacial score (nSPS) is 10.9. The Hall–Kier alpha value is -1.16. The minimum absolute atomic E-state index is 0.0186. The lowest BCUT2D eigenvalue weighted by molar-refractivity contribution is -0.109. The Labute approximate surface area is 91.2 Å². The van der Waals surface area contributed by atoms with Crippen molar-refractivity contribution < 1.29 is 13.6 Å². The van der Waals surface area contributed by atoms with E-state index in [1.54, 1.807) is 12.2 Å². The van der Waals surface area contributed by atoms with Crippen molar-refractivity contribution in [2.24, 2.45) is 0 Å². The molecule has 0 atom stereocenters. The highest BCUT2D eigenvalue weighted by Gasteiger charge is 1.97. The van der Waals surface area contributed by atoms with Crippen LogP contribution in [0.1, 0.15) is 12.5 Å². The zero-order valence-electron chi connectivity index (χ0n) is 8.17. The van der Waals surface area contributed by atoms with E-state index in [9.17, 15) is 13.6 Å². The Kier molecular flexibility index (Phi) is 4.49. The fraction of sp³-hybridized carbons (Fsp3) is 0.182. The molecule has 0 radical (unpaired) electrons. The SMILES string of the molecule is CC(=O)SCC=Cc1cc(F)cc(F)c1. The van der Waals surface area contributed by atoms with E-state index in [0.717, 1.165) is 17.8 Å². The second-order valence-electron chi connectivity index (χ2n) is 2.91.